The van der Waals surface area contributed by atoms with Crippen molar-refractivity contribution in [3.05, 3.63) is 71.3 Å². The van der Waals surface area contributed by atoms with Crippen molar-refractivity contribution in [3.63, 3.8) is 0 Å². The molecule has 6 heterocycles. The highest BCUT2D eigenvalue weighted by Crippen LogP contribution is 2.53. The molecule has 6 aromatic rings. The Labute approximate surface area is 329 Å². The molecule has 3 atom stereocenters. The molecule has 10 rings (SSSR count). The van der Waals surface area contributed by atoms with Crippen LogP contribution in [0.3, 0.4) is 0 Å². The average molecular weight is 772 g/mol. The highest BCUT2D eigenvalue weighted by atomic mass is 19.1. The van der Waals surface area contributed by atoms with Crippen LogP contribution in [-0.4, -0.2) is 85.9 Å². The van der Waals surface area contributed by atoms with Gasteiger partial charge in [-0.1, -0.05) is 43.3 Å². The highest BCUT2D eigenvalue weighted by Gasteiger charge is 2.41. The molecule has 14 heteroatoms. The first-order chi connectivity index (χ1) is 27.8. The van der Waals surface area contributed by atoms with E-state index >= 15 is 4.39 Å². The number of nitrogens with zero attached hydrogens (tertiary/aromatic N) is 7. The molecule has 1 aliphatic carbocycles. The maximum Gasteiger partial charge on any atom is 0.319 e. The molecule has 0 amide bonds. The third-order valence-corrected chi connectivity index (χ3v) is 12.2. The lowest BCUT2D eigenvalue weighted by atomic mass is 9.88. The summed E-state index contributed by atoms with van der Waals surface area (Å²) < 4.78 is 36.8. The number of hydrogen-bond acceptors (Lipinski definition) is 11. The second-order valence-electron chi connectivity index (χ2n) is 16.4. The Balaban J connectivity index is 1.12. The average Bonchev–Trinajstić information content (AvgIpc) is 3.56. The van der Waals surface area contributed by atoms with Crippen LogP contribution in [0.15, 0.2) is 48.8 Å². The molecule has 3 aromatic heterocycles. The van der Waals surface area contributed by atoms with Crippen LogP contribution in [0.1, 0.15) is 74.6 Å². The number of piperazine rings is 1. The topological polar surface area (TPSA) is 145 Å². The Morgan fingerprint density at radius 3 is 2.60 bits per heavy atom. The molecule has 4 aliphatic rings. The normalized spacial score (nSPS) is 20.3. The summed E-state index contributed by atoms with van der Waals surface area (Å²) in [5.74, 6) is 1.48. The monoisotopic (exact) mass is 771 g/mol. The highest BCUT2D eigenvalue weighted by molar-refractivity contribution is 6.06. The van der Waals surface area contributed by atoms with Gasteiger partial charge in [0, 0.05) is 65.5 Å². The van der Waals surface area contributed by atoms with E-state index in [9.17, 15) is 4.79 Å². The largest absolute Gasteiger partial charge is 0.486 e. The third kappa shape index (κ3) is 6.58. The van der Waals surface area contributed by atoms with Crippen LogP contribution in [0.5, 0.6) is 11.8 Å². The smallest absolute Gasteiger partial charge is 0.319 e. The lowest BCUT2D eigenvalue weighted by Crippen LogP contribution is -2.44. The third-order valence-electron chi connectivity index (χ3n) is 12.2. The van der Waals surface area contributed by atoms with Gasteiger partial charge in [0.05, 0.1) is 31.1 Å². The van der Waals surface area contributed by atoms with Crippen molar-refractivity contribution in [2.24, 2.45) is 5.92 Å². The molecule has 1 saturated carbocycles. The van der Waals surface area contributed by atoms with Crippen LogP contribution < -0.4 is 19.7 Å². The first kappa shape index (κ1) is 35.9. The van der Waals surface area contributed by atoms with Gasteiger partial charge in [-0.3, -0.25) is 5.10 Å². The number of carbonyl (C=O) groups excluding carboxylic acids is 1. The predicted molar refractivity (Wildman–Crippen MR) is 213 cm³/mol. The summed E-state index contributed by atoms with van der Waals surface area (Å²) in [5, 5.41) is 21.3. The molecule has 294 valence electrons. The second kappa shape index (κ2) is 14.5. The molecular weight excluding hydrogens is 726 g/mol. The Morgan fingerprint density at radius 2 is 1.88 bits per heavy atom. The fourth-order valence-electron chi connectivity index (χ4n) is 8.86. The van der Waals surface area contributed by atoms with E-state index in [-0.39, 0.29) is 36.4 Å². The minimum atomic E-state index is -0.386. The molecule has 3 saturated heterocycles. The van der Waals surface area contributed by atoms with Gasteiger partial charge in [0.2, 0.25) is 0 Å². The number of hydrogen-bond donors (Lipinski definition) is 2. The number of anilines is 1. The van der Waals surface area contributed by atoms with Crippen LogP contribution in [0.25, 0.3) is 44.2 Å². The number of benzene rings is 3. The van der Waals surface area contributed by atoms with Crippen molar-refractivity contribution in [2.45, 2.75) is 89.6 Å². The Morgan fingerprint density at radius 1 is 1.05 bits per heavy atom. The van der Waals surface area contributed by atoms with Gasteiger partial charge in [-0.05, 0) is 66.8 Å². The van der Waals surface area contributed by atoms with E-state index in [4.69, 9.17) is 24.2 Å². The minimum absolute atomic E-state index is 0.0684. The molecule has 0 spiro atoms. The Kier molecular flexibility index (Phi) is 9.12. The van der Waals surface area contributed by atoms with E-state index in [1.54, 1.807) is 10.9 Å². The zero-order valence-corrected chi connectivity index (χ0v) is 32.4. The van der Waals surface area contributed by atoms with Gasteiger partial charge in [-0.15, -0.1) is 5.10 Å². The molecule has 2 N–H and O–H groups in total. The van der Waals surface area contributed by atoms with Crippen molar-refractivity contribution in [3.8, 4) is 34.1 Å². The second-order valence-corrected chi connectivity index (χ2v) is 16.4. The van der Waals surface area contributed by atoms with Crippen LogP contribution in [-0.2, 0) is 16.1 Å². The number of aldehydes is 1. The van der Waals surface area contributed by atoms with Crippen LogP contribution in [0.4, 0.5) is 10.2 Å². The number of aromatic amines is 1. The number of ether oxygens (including phenoxy) is 3. The zero-order valence-electron chi connectivity index (χ0n) is 32.4. The molecule has 2 bridgehead atoms. The molecule has 57 heavy (non-hydrogen) atoms. The molecule has 3 aliphatic heterocycles. The number of aromatic nitrogens is 7. The maximum atomic E-state index is 15.9. The number of halogens is 1. The number of nitrogens with one attached hydrogen (secondary N) is 2. The number of rotatable bonds is 12. The predicted octanol–water partition coefficient (Wildman–Crippen LogP) is 6.84. The fourth-order valence-corrected chi connectivity index (χ4v) is 8.86. The molecule has 3 aromatic carbocycles. The van der Waals surface area contributed by atoms with E-state index in [2.05, 4.69) is 36.8 Å². The zero-order chi connectivity index (χ0) is 38.8. The number of carbonyl (C=O) groups is 1. The van der Waals surface area contributed by atoms with Crippen LogP contribution >= 0.6 is 0 Å². The molecule has 3 unspecified atom stereocenters. The van der Waals surface area contributed by atoms with E-state index in [0.29, 0.717) is 59.3 Å². The van der Waals surface area contributed by atoms with Crippen molar-refractivity contribution >= 4 is 33.9 Å². The first-order valence-corrected chi connectivity index (χ1v) is 20.2. The Hall–Kier alpha value is -5.47. The minimum Gasteiger partial charge on any atom is -0.486 e. The van der Waals surface area contributed by atoms with Crippen molar-refractivity contribution in [1.82, 2.24) is 40.5 Å². The maximum absolute atomic E-state index is 15.9. The van der Waals surface area contributed by atoms with E-state index in [1.807, 2.05) is 51.2 Å². The van der Waals surface area contributed by atoms with Crippen molar-refractivity contribution in [2.75, 3.05) is 31.2 Å². The number of H-pyrrole nitrogens is 1. The standard InChI is InChI=1S/C43H46FN9O4/c1-23(2)37(21-54)53-20-36(50-51-53)27-6-4-25(5-7-27)22-56-41-39(38-24(3)34(44)16-35-33(38)18-46-49-35)31(26-8-9-26)15-32-40(41)47-43(57-30-10-12-55-13-11-30)48-42(32)52-19-28-14-29(52)17-45-28/h4-7,15-16,18,20-21,23,26,28-30,37,45H,8-14,17,19,22H2,1-3H3,(H,46,49). The van der Waals surface area contributed by atoms with Gasteiger partial charge < -0.3 is 29.2 Å². The van der Waals surface area contributed by atoms with E-state index < -0.39 is 0 Å². The van der Waals surface area contributed by atoms with Crippen molar-refractivity contribution in [1.29, 1.82) is 0 Å². The van der Waals surface area contributed by atoms with E-state index in [1.165, 1.54) is 6.07 Å². The SMILES string of the molecule is Cc1c(F)cc2[nH]ncc2c1-c1c(C2CC2)cc2c(N3CC4CC3CN4)nc(OC3CCOCC3)nc2c1OCc1ccc(-c2cn(C(C=O)C(C)C)nn2)cc1. The summed E-state index contributed by atoms with van der Waals surface area (Å²) in [7, 11) is 0. The summed E-state index contributed by atoms with van der Waals surface area (Å²) in [5.41, 5.74) is 6.96. The summed E-state index contributed by atoms with van der Waals surface area (Å²) in [6, 6.07) is 12.4. The van der Waals surface area contributed by atoms with Crippen molar-refractivity contribution < 1.29 is 23.4 Å². The lowest BCUT2D eigenvalue weighted by Gasteiger charge is -2.31. The van der Waals surface area contributed by atoms with Gasteiger partial charge >= 0.3 is 6.01 Å². The summed E-state index contributed by atoms with van der Waals surface area (Å²) in [4.78, 5) is 24.5. The lowest BCUT2D eigenvalue weighted by molar-refractivity contribution is -0.111. The summed E-state index contributed by atoms with van der Waals surface area (Å²) in [6.45, 7) is 9.01. The van der Waals surface area contributed by atoms with Gasteiger partial charge in [0.15, 0.2) is 5.75 Å². The van der Waals surface area contributed by atoms with E-state index in [0.717, 1.165) is 95.9 Å². The van der Waals surface area contributed by atoms with Gasteiger partial charge in [-0.25, -0.2) is 9.07 Å². The van der Waals surface area contributed by atoms with Gasteiger partial charge in [0.25, 0.3) is 0 Å². The summed E-state index contributed by atoms with van der Waals surface area (Å²) in [6.07, 6.45) is 9.04. The quantitative estimate of drug-likeness (QED) is 0.126. The Bertz CT molecular complexity index is 2470. The number of fused-ring (bicyclic) bond motifs is 4. The molecule has 4 fully saturated rings. The summed E-state index contributed by atoms with van der Waals surface area (Å²) >= 11 is 0. The molecular formula is C43H46FN9O4. The van der Waals surface area contributed by atoms with Crippen LogP contribution in [0.2, 0.25) is 0 Å². The van der Waals surface area contributed by atoms with Gasteiger partial charge in [-0.2, -0.15) is 15.1 Å². The van der Waals surface area contributed by atoms with Crippen LogP contribution in [0, 0.1) is 18.7 Å². The first-order valence-electron chi connectivity index (χ1n) is 20.2. The molecule has 0 radical (unpaired) electrons. The fraction of sp³-hybridized carbons (Fsp3) is 0.442. The molecule has 13 nitrogen and oxygen atoms in total. The van der Waals surface area contributed by atoms with Gasteiger partial charge in [0.1, 0.15) is 47.9 Å².